The van der Waals surface area contributed by atoms with Crippen LogP contribution in [0.3, 0.4) is 0 Å². The second-order valence-electron chi connectivity index (χ2n) is 5.86. The van der Waals surface area contributed by atoms with Crippen LogP contribution in [0.4, 0.5) is 11.4 Å². The molecule has 3 aromatic carbocycles. The molecule has 0 fully saturated rings. The third-order valence-electron chi connectivity index (χ3n) is 4.23. The Labute approximate surface area is 143 Å². The van der Waals surface area contributed by atoms with Crippen LogP contribution in [0.15, 0.2) is 72.8 Å². The summed E-state index contributed by atoms with van der Waals surface area (Å²) < 4.78 is 0. The van der Waals surface area contributed by atoms with Crippen molar-refractivity contribution in [2.45, 2.75) is 6.92 Å². The van der Waals surface area contributed by atoms with Crippen molar-refractivity contribution in [3.8, 4) is 0 Å². The van der Waals surface area contributed by atoms with E-state index in [1.807, 2.05) is 66.2 Å². The first-order chi connectivity index (χ1) is 11.7. The molecule has 0 aliphatic carbocycles. The summed E-state index contributed by atoms with van der Waals surface area (Å²) in [5.74, 6) is 0.0966. The number of hydrogen-bond acceptors (Lipinski definition) is 2. The van der Waals surface area contributed by atoms with Gasteiger partial charge < -0.3 is 9.80 Å². The monoisotopic (exact) mass is 318 g/mol. The molecule has 3 aromatic rings. The molecule has 1 amide bonds. The molecule has 0 unspecified atom stereocenters. The molecular formula is C21H22N2O. The van der Waals surface area contributed by atoms with E-state index >= 15 is 0 Å². The predicted octanol–water partition coefficient (Wildman–Crippen LogP) is 4.33. The smallest absolute Gasteiger partial charge is 0.246 e. The molecule has 0 aliphatic rings. The number of anilines is 2. The van der Waals surface area contributed by atoms with E-state index in [1.54, 1.807) is 0 Å². The second-order valence-corrected chi connectivity index (χ2v) is 5.86. The van der Waals surface area contributed by atoms with Gasteiger partial charge in [0.05, 0.1) is 6.54 Å². The van der Waals surface area contributed by atoms with Crippen molar-refractivity contribution in [1.29, 1.82) is 0 Å². The molecule has 0 saturated heterocycles. The van der Waals surface area contributed by atoms with Crippen LogP contribution in [-0.2, 0) is 4.79 Å². The fourth-order valence-electron chi connectivity index (χ4n) is 2.90. The number of para-hydroxylation sites is 1. The fourth-order valence-corrected chi connectivity index (χ4v) is 2.90. The zero-order chi connectivity index (χ0) is 16.9. The first kappa shape index (κ1) is 16.1. The van der Waals surface area contributed by atoms with E-state index in [4.69, 9.17) is 0 Å². The zero-order valence-corrected chi connectivity index (χ0v) is 14.1. The van der Waals surface area contributed by atoms with E-state index in [1.165, 1.54) is 10.8 Å². The van der Waals surface area contributed by atoms with Gasteiger partial charge in [0, 0.05) is 25.0 Å². The van der Waals surface area contributed by atoms with Gasteiger partial charge in [0.15, 0.2) is 0 Å². The van der Waals surface area contributed by atoms with Crippen LogP contribution in [0.5, 0.6) is 0 Å². The summed E-state index contributed by atoms with van der Waals surface area (Å²) in [5, 5.41) is 2.39. The molecule has 0 radical (unpaired) electrons. The van der Waals surface area contributed by atoms with Gasteiger partial charge in [0.25, 0.3) is 0 Å². The van der Waals surface area contributed by atoms with Gasteiger partial charge in [-0.25, -0.2) is 0 Å². The molecule has 0 N–H and O–H groups in total. The molecule has 3 rings (SSSR count). The molecule has 0 saturated carbocycles. The van der Waals surface area contributed by atoms with Gasteiger partial charge in [-0.3, -0.25) is 4.79 Å². The summed E-state index contributed by atoms with van der Waals surface area (Å²) in [7, 11) is 1.96. The van der Waals surface area contributed by atoms with Gasteiger partial charge in [-0.15, -0.1) is 0 Å². The average Bonchev–Trinajstić information content (AvgIpc) is 2.62. The molecule has 0 bridgehead atoms. The number of fused-ring (bicyclic) bond motifs is 1. The molecule has 0 spiro atoms. The molecular weight excluding hydrogens is 296 g/mol. The van der Waals surface area contributed by atoms with Crippen molar-refractivity contribution in [1.82, 2.24) is 0 Å². The van der Waals surface area contributed by atoms with Crippen LogP contribution < -0.4 is 9.80 Å². The molecule has 0 atom stereocenters. The van der Waals surface area contributed by atoms with Crippen LogP contribution in [0.1, 0.15) is 6.92 Å². The maximum atomic E-state index is 12.7. The number of hydrogen-bond donors (Lipinski definition) is 0. The number of rotatable bonds is 5. The van der Waals surface area contributed by atoms with Gasteiger partial charge in [0.1, 0.15) is 0 Å². The van der Waals surface area contributed by atoms with E-state index in [0.29, 0.717) is 13.1 Å². The fraction of sp³-hybridized carbons (Fsp3) is 0.190. The van der Waals surface area contributed by atoms with Gasteiger partial charge >= 0.3 is 0 Å². The Balaban J connectivity index is 1.77. The van der Waals surface area contributed by atoms with Gasteiger partial charge in [0.2, 0.25) is 5.91 Å². The largest absolute Gasteiger partial charge is 0.365 e. The molecule has 3 heteroatoms. The van der Waals surface area contributed by atoms with Crippen LogP contribution in [0.2, 0.25) is 0 Å². The second kappa shape index (κ2) is 7.18. The Hall–Kier alpha value is -2.81. The summed E-state index contributed by atoms with van der Waals surface area (Å²) in [5.41, 5.74) is 1.99. The van der Waals surface area contributed by atoms with Crippen molar-refractivity contribution in [2.24, 2.45) is 0 Å². The quantitative estimate of drug-likeness (QED) is 0.699. The number of benzene rings is 3. The standard InChI is InChI=1S/C21H22N2O/c1-3-23(19-11-5-4-6-12-19)21(24)16-22(2)20-14-13-17-9-7-8-10-18(17)15-20/h4-15H,3,16H2,1-2H3. The minimum absolute atomic E-state index is 0.0966. The summed E-state index contributed by atoms with van der Waals surface area (Å²) in [6.07, 6.45) is 0. The maximum absolute atomic E-state index is 12.7. The normalized spacial score (nSPS) is 10.6. The molecule has 3 nitrogen and oxygen atoms in total. The van der Waals surface area contributed by atoms with Crippen molar-refractivity contribution >= 4 is 28.1 Å². The number of carbonyl (C=O) groups excluding carboxylic acids is 1. The highest BCUT2D eigenvalue weighted by Gasteiger charge is 2.16. The highest BCUT2D eigenvalue weighted by atomic mass is 16.2. The third kappa shape index (κ3) is 3.40. The maximum Gasteiger partial charge on any atom is 0.246 e. The first-order valence-corrected chi connectivity index (χ1v) is 8.24. The molecule has 24 heavy (non-hydrogen) atoms. The number of nitrogens with zero attached hydrogens (tertiary/aromatic N) is 2. The highest BCUT2D eigenvalue weighted by Crippen LogP contribution is 2.22. The van der Waals surface area contributed by atoms with E-state index in [-0.39, 0.29) is 5.91 Å². The van der Waals surface area contributed by atoms with E-state index in [0.717, 1.165) is 11.4 Å². The van der Waals surface area contributed by atoms with E-state index < -0.39 is 0 Å². The van der Waals surface area contributed by atoms with E-state index in [9.17, 15) is 4.79 Å². The van der Waals surface area contributed by atoms with Crippen molar-refractivity contribution in [3.63, 3.8) is 0 Å². The molecule has 0 aromatic heterocycles. The Kier molecular flexibility index (Phi) is 4.80. The van der Waals surface area contributed by atoms with Crippen LogP contribution in [0.25, 0.3) is 10.8 Å². The average molecular weight is 318 g/mol. The summed E-state index contributed by atoms with van der Waals surface area (Å²) in [6.45, 7) is 3.01. The minimum atomic E-state index is 0.0966. The van der Waals surface area contributed by atoms with Crippen LogP contribution in [0, 0.1) is 0 Å². The van der Waals surface area contributed by atoms with Crippen molar-refractivity contribution in [2.75, 3.05) is 29.9 Å². The SMILES string of the molecule is CCN(C(=O)CN(C)c1ccc2ccccc2c1)c1ccccc1. The van der Waals surface area contributed by atoms with Crippen LogP contribution >= 0.6 is 0 Å². The Morgan fingerprint density at radius 2 is 1.50 bits per heavy atom. The number of likely N-dealkylation sites (N-methyl/N-ethyl adjacent to an activating group) is 2. The lowest BCUT2D eigenvalue weighted by Gasteiger charge is -2.25. The van der Waals surface area contributed by atoms with Gasteiger partial charge in [-0.05, 0) is 42.0 Å². The summed E-state index contributed by atoms with van der Waals surface area (Å²) in [6, 6.07) is 24.4. The highest BCUT2D eigenvalue weighted by molar-refractivity contribution is 5.96. The van der Waals surface area contributed by atoms with Gasteiger partial charge in [-0.2, -0.15) is 0 Å². The lowest BCUT2D eigenvalue weighted by molar-refractivity contribution is -0.117. The topological polar surface area (TPSA) is 23.6 Å². The Morgan fingerprint density at radius 3 is 2.21 bits per heavy atom. The zero-order valence-electron chi connectivity index (χ0n) is 14.1. The van der Waals surface area contributed by atoms with Crippen molar-refractivity contribution in [3.05, 3.63) is 72.8 Å². The minimum Gasteiger partial charge on any atom is -0.365 e. The molecule has 0 heterocycles. The lowest BCUT2D eigenvalue weighted by Crippen LogP contribution is -2.39. The number of carbonyl (C=O) groups is 1. The summed E-state index contributed by atoms with van der Waals surface area (Å²) in [4.78, 5) is 16.5. The first-order valence-electron chi connectivity index (χ1n) is 8.24. The Morgan fingerprint density at radius 1 is 0.833 bits per heavy atom. The van der Waals surface area contributed by atoms with Gasteiger partial charge in [-0.1, -0.05) is 48.5 Å². The van der Waals surface area contributed by atoms with E-state index in [2.05, 4.69) is 30.3 Å². The predicted molar refractivity (Wildman–Crippen MR) is 102 cm³/mol. The summed E-state index contributed by atoms with van der Waals surface area (Å²) >= 11 is 0. The molecule has 122 valence electrons. The molecule has 0 aliphatic heterocycles. The van der Waals surface area contributed by atoms with Crippen LogP contribution in [-0.4, -0.2) is 26.0 Å². The van der Waals surface area contributed by atoms with Crippen molar-refractivity contribution < 1.29 is 4.79 Å². The Bertz CT molecular complexity index is 829. The lowest BCUT2D eigenvalue weighted by atomic mass is 10.1. The third-order valence-corrected chi connectivity index (χ3v) is 4.23. The number of amides is 1.